The van der Waals surface area contributed by atoms with Gasteiger partial charge >= 0.3 is 12.2 Å². The summed E-state index contributed by atoms with van der Waals surface area (Å²) in [5, 5.41) is 5.46. The summed E-state index contributed by atoms with van der Waals surface area (Å²) < 4.78 is 9.42. The van der Waals surface area contributed by atoms with E-state index in [0.29, 0.717) is 10.7 Å². The van der Waals surface area contributed by atoms with Crippen molar-refractivity contribution in [2.75, 3.05) is 19.0 Å². The third-order valence-electron chi connectivity index (χ3n) is 2.10. The van der Waals surface area contributed by atoms with Crippen LogP contribution in [0.4, 0.5) is 15.3 Å². The molecule has 1 rings (SSSR count). The van der Waals surface area contributed by atoms with Crippen molar-refractivity contribution in [2.45, 2.75) is 13.0 Å². The standard InChI is InChI=1S/C12H15ClN2O4/c1-8(7-14-11(16)18-2)19-12(17)15-10-5-3-4-9(13)6-10/h3-6,8H,7H2,1-2H3,(H,14,16)(H,15,17)/t8-/m0/s1. The lowest BCUT2D eigenvalue weighted by molar-refractivity contribution is 0.115. The second-order valence-corrected chi connectivity index (χ2v) is 4.16. The molecule has 1 aromatic carbocycles. The van der Waals surface area contributed by atoms with E-state index in [1.54, 1.807) is 31.2 Å². The molecule has 0 aliphatic rings. The minimum absolute atomic E-state index is 0.162. The number of carbonyl (C=O) groups is 2. The van der Waals surface area contributed by atoms with Gasteiger partial charge in [0.25, 0.3) is 0 Å². The van der Waals surface area contributed by atoms with E-state index in [2.05, 4.69) is 15.4 Å². The van der Waals surface area contributed by atoms with Crippen molar-refractivity contribution in [3.8, 4) is 0 Å². The van der Waals surface area contributed by atoms with Gasteiger partial charge in [0.2, 0.25) is 0 Å². The van der Waals surface area contributed by atoms with Gasteiger partial charge in [0.05, 0.1) is 13.7 Å². The summed E-state index contributed by atoms with van der Waals surface area (Å²) in [5.74, 6) is 0. The molecule has 7 heteroatoms. The van der Waals surface area contributed by atoms with E-state index in [1.165, 1.54) is 7.11 Å². The molecule has 1 aromatic rings. The Morgan fingerprint density at radius 1 is 1.37 bits per heavy atom. The van der Waals surface area contributed by atoms with Gasteiger partial charge in [0.15, 0.2) is 0 Å². The van der Waals surface area contributed by atoms with E-state index in [9.17, 15) is 9.59 Å². The van der Waals surface area contributed by atoms with Crippen molar-refractivity contribution in [1.82, 2.24) is 5.32 Å². The van der Waals surface area contributed by atoms with Crippen LogP contribution >= 0.6 is 11.6 Å². The number of hydrogen-bond donors (Lipinski definition) is 2. The van der Waals surface area contributed by atoms with Crippen LogP contribution in [0.2, 0.25) is 5.02 Å². The van der Waals surface area contributed by atoms with Crippen LogP contribution in [-0.4, -0.2) is 31.9 Å². The van der Waals surface area contributed by atoms with Gasteiger partial charge in [0.1, 0.15) is 6.10 Å². The molecule has 19 heavy (non-hydrogen) atoms. The van der Waals surface area contributed by atoms with E-state index in [4.69, 9.17) is 16.3 Å². The average molecular weight is 287 g/mol. The van der Waals surface area contributed by atoms with Gasteiger partial charge in [-0.25, -0.2) is 9.59 Å². The molecule has 0 bridgehead atoms. The van der Waals surface area contributed by atoms with Crippen molar-refractivity contribution in [3.63, 3.8) is 0 Å². The topological polar surface area (TPSA) is 76.7 Å². The fraction of sp³-hybridized carbons (Fsp3) is 0.333. The first-order valence-corrected chi connectivity index (χ1v) is 5.94. The van der Waals surface area contributed by atoms with Crippen molar-refractivity contribution < 1.29 is 19.1 Å². The van der Waals surface area contributed by atoms with Crippen LogP contribution in [0.5, 0.6) is 0 Å². The fourth-order valence-corrected chi connectivity index (χ4v) is 1.43. The van der Waals surface area contributed by atoms with E-state index in [0.717, 1.165) is 0 Å². The summed E-state index contributed by atoms with van der Waals surface area (Å²) in [6.07, 6.45) is -1.69. The highest BCUT2D eigenvalue weighted by molar-refractivity contribution is 6.30. The highest BCUT2D eigenvalue weighted by atomic mass is 35.5. The van der Waals surface area contributed by atoms with Crippen LogP contribution in [-0.2, 0) is 9.47 Å². The van der Waals surface area contributed by atoms with Gasteiger partial charge in [-0.1, -0.05) is 17.7 Å². The summed E-state index contributed by atoms with van der Waals surface area (Å²) in [4.78, 5) is 22.4. The zero-order chi connectivity index (χ0) is 14.3. The van der Waals surface area contributed by atoms with Crippen molar-refractivity contribution in [2.24, 2.45) is 0 Å². The molecule has 0 radical (unpaired) electrons. The number of rotatable bonds is 4. The van der Waals surface area contributed by atoms with Crippen molar-refractivity contribution in [1.29, 1.82) is 0 Å². The predicted molar refractivity (Wildman–Crippen MR) is 71.4 cm³/mol. The summed E-state index contributed by atoms with van der Waals surface area (Å²) in [6.45, 7) is 1.81. The van der Waals surface area contributed by atoms with Gasteiger partial charge < -0.3 is 14.8 Å². The minimum Gasteiger partial charge on any atom is -0.453 e. The predicted octanol–water partition coefficient (Wildman–Crippen LogP) is 2.63. The molecule has 2 amide bonds. The number of anilines is 1. The number of halogens is 1. The molecular formula is C12H15ClN2O4. The summed E-state index contributed by atoms with van der Waals surface area (Å²) >= 11 is 5.78. The van der Waals surface area contributed by atoms with Gasteiger partial charge in [0, 0.05) is 10.7 Å². The van der Waals surface area contributed by atoms with Gasteiger partial charge in [-0.05, 0) is 25.1 Å². The number of nitrogens with one attached hydrogen (secondary N) is 2. The lowest BCUT2D eigenvalue weighted by Crippen LogP contribution is -2.34. The molecule has 0 saturated heterocycles. The van der Waals surface area contributed by atoms with E-state index >= 15 is 0 Å². The lowest BCUT2D eigenvalue weighted by atomic mass is 10.3. The van der Waals surface area contributed by atoms with Crippen LogP contribution in [0.3, 0.4) is 0 Å². The maximum absolute atomic E-state index is 11.5. The Kier molecular flexibility index (Phi) is 5.95. The molecule has 0 unspecified atom stereocenters. The second-order valence-electron chi connectivity index (χ2n) is 3.72. The molecule has 0 aromatic heterocycles. The van der Waals surface area contributed by atoms with Crippen molar-refractivity contribution in [3.05, 3.63) is 29.3 Å². The molecule has 0 aliphatic heterocycles. The average Bonchev–Trinajstić information content (AvgIpc) is 2.35. The second kappa shape index (κ2) is 7.48. The molecule has 1 atom stereocenters. The first kappa shape index (κ1) is 15.1. The normalized spacial score (nSPS) is 11.3. The number of hydrogen-bond acceptors (Lipinski definition) is 4. The zero-order valence-electron chi connectivity index (χ0n) is 10.6. The quantitative estimate of drug-likeness (QED) is 0.892. The van der Waals surface area contributed by atoms with Gasteiger partial charge in [-0.3, -0.25) is 5.32 Å². The Hall–Kier alpha value is -1.95. The molecule has 2 N–H and O–H groups in total. The van der Waals surface area contributed by atoms with Crippen molar-refractivity contribution >= 4 is 29.5 Å². The molecule has 0 aliphatic carbocycles. The summed E-state index contributed by atoms with van der Waals surface area (Å²) in [6, 6.07) is 6.69. The van der Waals surface area contributed by atoms with E-state index < -0.39 is 18.3 Å². The largest absolute Gasteiger partial charge is 0.453 e. The highest BCUT2D eigenvalue weighted by Gasteiger charge is 2.11. The monoisotopic (exact) mass is 286 g/mol. The lowest BCUT2D eigenvalue weighted by Gasteiger charge is -2.14. The SMILES string of the molecule is COC(=O)NC[C@H](C)OC(=O)Nc1cccc(Cl)c1. The van der Waals surface area contributed by atoms with E-state index in [1.807, 2.05) is 0 Å². The number of amides is 2. The van der Waals surface area contributed by atoms with Crippen LogP contribution < -0.4 is 10.6 Å². The maximum atomic E-state index is 11.5. The Balaban J connectivity index is 2.36. The zero-order valence-corrected chi connectivity index (χ0v) is 11.4. The van der Waals surface area contributed by atoms with Gasteiger partial charge in [-0.2, -0.15) is 0 Å². The molecule has 0 spiro atoms. The Morgan fingerprint density at radius 2 is 2.11 bits per heavy atom. The molecule has 6 nitrogen and oxygen atoms in total. The summed E-state index contributed by atoms with van der Waals surface area (Å²) in [7, 11) is 1.26. The highest BCUT2D eigenvalue weighted by Crippen LogP contribution is 2.15. The van der Waals surface area contributed by atoms with Gasteiger partial charge in [-0.15, -0.1) is 0 Å². The number of benzene rings is 1. The smallest absolute Gasteiger partial charge is 0.411 e. The minimum atomic E-state index is -0.624. The number of alkyl carbamates (subject to hydrolysis) is 1. The van der Waals surface area contributed by atoms with Crippen LogP contribution in [0.1, 0.15) is 6.92 Å². The first-order chi connectivity index (χ1) is 9.01. The summed E-state index contributed by atoms with van der Waals surface area (Å²) in [5.41, 5.74) is 0.533. The number of carbonyl (C=O) groups excluding carboxylic acids is 2. The Bertz CT molecular complexity index is 453. The van der Waals surface area contributed by atoms with E-state index in [-0.39, 0.29) is 6.54 Å². The Morgan fingerprint density at radius 3 is 2.74 bits per heavy atom. The number of methoxy groups -OCH3 is 1. The molecule has 104 valence electrons. The molecule has 0 fully saturated rings. The van der Waals surface area contributed by atoms with Crippen LogP contribution in [0, 0.1) is 0 Å². The Labute approximate surface area is 116 Å². The number of ether oxygens (including phenoxy) is 2. The van der Waals surface area contributed by atoms with Crippen LogP contribution in [0.25, 0.3) is 0 Å². The fourth-order valence-electron chi connectivity index (χ4n) is 1.24. The van der Waals surface area contributed by atoms with Crippen LogP contribution in [0.15, 0.2) is 24.3 Å². The molecule has 0 heterocycles. The molecular weight excluding hydrogens is 272 g/mol. The third-order valence-corrected chi connectivity index (χ3v) is 2.33. The third kappa shape index (κ3) is 5.96. The maximum Gasteiger partial charge on any atom is 0.411 e. The molecule has 0 saturated carbocycles. The first-order valence-electron chi connectivity index (χ1n) is 5.56.